The number of ether oxygens (including phenoxy) is 3. The summed E-state index contributed by atoms with van der Waals surface area (Å²) in [6.45, 7) is 5.98. The molecule has 0 radical (unpaired) electrons. The van der Waals surface area contributed by atoms with Crippen LogP contribution in [0.15, 0.2) is 12.1 Å². The standard InChI is InChI=1S/C29H44F2O3/c1-3-5-20-6-9-23(10-7-20)26-16-8-21(19-34-26)18-33-24-13-11-22(12-14-24)25-15-17-27(32-4-2)29(31)28(25)30/h15,17,20-24,26H,3-14,16,18-19H2,1-2H3. The van der Waals surface area contributed by atoms with Crippen molar-refractivity contribution in [2.75, 3.05) is 19.8 Å². The maximum Gasteiger partial charge on any atom is 0.200 e. The minimum atomic E-state index is -0.859. The molecule has 0 N–H and O–H groups in total. The normalized spacial score (nSPS) is 32.5. The molecule has 0 amide bonds. The van der Waals surface area contributed by atoms with Crippen LogP contribution in [0.3, 0.4) is 0 Å². The average Bonchev–Trinajstić information content (AvgIpc) is 2.87. The molecule has 2 saturated carbocycles. The summed E-state index contributed by atoms with van der Waals surface area (Å²) in [7, 11) is 0. The molecule has 1 heterocycles. The molecule has 0 spiro atoms. The molecule has 1 aromatic carbocycles. The predicted octanol–water partition coefficient (Wildman–Crippen LogP) is 7.81. The fourth-order valence-corrected chi connectivity index (χ4v) is 6.53. The summed E-state index contributed by atoms with van der Waals surface area (Å²) < 4.78 is 46.6. The second-order valence-corrected chi connectivity index (χ2v) is 10.9. The maximum atomic E-state index is 14.6. The number of benzene rings is 1. The topological polar surface area (TPSA) is 27.7 Å². The van der Waals surface area contributed by atoms with Crippen LogP contribution in [-0.2, 0) is 9.47 Å². The number of hydrogen-bond donors (Lipinski definition) is 0. The van der Waals surface area contributed by atoms with Crippen LogP contribution < -0.4 is 4.74 Å². The Morgan fingerprint density at radius 2 is 1.59 bits per heavy atom. The predicted molar refractivity (Wildman–Crippen MR) is 131 cm³/mol. The van der Waals surface area contributed by atoms with E-state index in [9.17, 15) is 8.78 Å². The molecular weight excluding hydrogens is 434 g/mol. The van der Waals surface area contributed by atoms with Gasteiger partial charge in [0.2, 0.25) is 5.82 Å². The van der Waals surface area contributed by atoms with Crippen molar-refractivity contribution in [1.29, 1.82) is 0 Å². The molecule has 0 aromatic heterocycles. The van der Waals surface area contributed by atoms with Gasteiger partial charge in [0.1, 0.15) is 0 Å². The molecule has 2 aliphatic carbocycles. The Labute approximate surface area is 204 Å². The molecule has 3 fully saturated rings. The van der Waals surface area contributed by atoms with Crippen LogP contribution in [0.4, 0.5) is 8.78 Å². The monoisotopic (exact) mass is 478 g/mol. The minimum absolute atomic E-state index is 0.00174. The molecule has 3 aliphatic rings. The first-order valence-electron chi connectivity index (χ1n) is 13.9. The zero-order valence-electron chi connectivity index (χ0n) is 21.2. The third-order valence-electron chi connectivity index (χ3n) is 8.58. The zero-order chi connectivity index (χ0) is 23.9. The second kappa shape index (κ2) is 12.7. The van der Waals surface area contributed by atoms with Gasteiger partial charge in [0.05, 0.1) is 32.0 Å². The first-order valence-corrected chi connectivity index (χ1v) is 13.9. The van der Waals surface area contributed by atoms with Crippen molar-refractivity contribution >= 4 is 0 Å². The van der Waals surface area contributed by atoms with E-state index in [2.05, 4.69) is 6.92 Å². The largest absolute Gasteiger partial charge is 0.491 e. The van der Waals surface area contributed by atoms with Crippen molar-refractivity contribution in [2.45, 2.75) is 109 Å². The van der Waals surface area contributed by atoms with E-state index >= 15 is 0 Å². The Morgan fingerprint density at radius 3 is 2.24 bits per heavy atom. The Kier molecular flexibility index (Phi) is 9.64. The van der Waals surface area contributed by atoms with E-state index in [4.69, 9.17) is 14.2 Å². The third kappa shape index (κ3) is 6.51. The van der Waals surface area contributed by atoms with Crippen LogP contribution >= 0.6 is 0 Å². The number of halogens is 2. The molecule has 3 nitrogen and oxygen atoms in total. The fourth-order valence-electron chi connectivity index (χ4n) is 6.53. The quantitative estimate of drug-likeness (QED) is 0.362. The molecule has 2 unspecified atom stereocenters. The van der Waals surface area contributed by atoms with Crippen LogP contribution in [0.2, 0.25) is 0 Å². The van der Waals surface area contributed by atoms with Crippen molar-refractivity contribution < 1.29 is 23.0 Å². The van der Waals surface area contributed by atoms with E-state index in [1.54, 1.807) is 19.1 Å². The first kappa shape index (κ1) is 25.9. The summed E-state index contributed by atoms with van der Waals surface area (Å²) in [6, 6.07) is 3.26. The van der Waals surface area contributed by atoms with E-state index in [1.807, 2.05) is 0 Å². The molecule has 1 saturated heterocycles. The summed E-state index contributed by atoms with van der Waals surface area (Å²) in [5.41, 5.74) is 0.481. The van der Waals surface area contributed by atoms with Crippen molar-refractivity contribution in [2.24, 2.45) is 17.8 Å². The lowest BCUT2D eigenvalue weighted by molar-refractivity contribution is -0.0863. The van der Waals surface area contributed by atoms with Gasteiger partial charge >= 0.3 is 0 Å². The lowest BCUT2D eigenvalue weighted by Crippen LogP contribution is -2.36. The van der Waals surface area contributed by atoms with Crippen LogP contribution in [0.25, 0.3) is 0 Å². The van der Waals surface area contributed by atoms with E-state index in [-0.39, 0.29) is 17.8 Å². The summed E-state index contributed by atoms with van der Waals surface area (Å²) in [6.07, 6.45) is 14.7. The van der Waals surface area contributed by atoms with Crippen LogP contribution in [-0.4, -0.2) is 32.0 Å². The van der Waals surface area contributed by atoms with Gasteiger partial charge in [0.15, 0.2) is 11.6 Å². The van der Waals surface area contributed by atoms with E-state index < -0.39 is 11.6 Å². The second-order valence-electron chi connectivity index (χ2n) is 10.9. The molecule has 0 bridgehead atoms. The van der Waals surface area contributed by atoms with Gasteiger partial charge in [-0.25, -0.2) is 4.39 Å². The molecule has 34 heavy (non-hydrogen) atoms. The van der Waals surface area contributed by atoms with Crippen molar-refractivity contribution in [1.82, 2.24) is 0 Å². The zero-order valence-corrected chi connectivity index (χ0v) is 21.2. The minimum Gasteiger partial charge on any atom is -0.491 e. The molecule has 2 atom stereocenters. The van der Waals surface area contributed by atoms with Gasteiger partial charge in [-0.2, -0.15) is 4.39 Å². The van der Waals surface area contributed by atoms with Gasteiger partial charge in [0, 0.05) is 5.92 Å². The van der Waals surface area contributed by atoms with Crippen LogP contribution in [0, 0.1) is 29.4 Å². The van der Waals surface area contributed by atoms with Crippen molar-refractivity contribution in [3.63, 3.8) is 0 Å². The molecule has 1 aliphatic heterocycles. The molecule has 1 aromatic rings. The summed E-state index contributed by atoms with van der Waals surface area (Å²) in [5.74, 6) is 0.649. The number of hydrogen-bond acceptors (Lipinski definition) is 3. The highest BCUT2D eigenvalue weighted by Crippen LogP contribution is 2.39. The Hall–Kier alpha value is -1.20. The smallest absolute Gasteiger partial charge is 0.200 e. The summed E-state index contributed by atoms with van der Waals surface area (Å²) >= 11 is 0. The first-order chi connectivity index (χ1) is 16.6. The summed E-state index contributed by atoms with van der Waals surface area (Å²) in [4.78, 5) is 0. The lowest BCUT2D eigenvalue weighted by atomic mass is 9.76. The van der Waals surface area contributed by atoms with Crippen LogP contribution in [0.5, 0.6) is 5.75 Å². The SMILES string of the molecule is CCCC1CCC(C2CCC(COC3CCC(c4ccc(OCC)c(F)c4F)CC3)CO2)CC1. The third-order valence-corrected chi connectivity index (χ3v) is 8.58. The average molecular weight is 479 g/mol. The van der Waals surface area contributed by atoms with Crippen LogP contribution in [0.1, 0.15) is 102 Å². The van der Waals surface area contributed by atoms with Gasteiger partial charge in [-0.15, -0.1) is 0 Å². The van der Waals surface area contributed by atoms with Crippen molar-refractivity contribution in [3.8, 4) is 5.75 Å². The van der Waals surface area contributed by atoms with Gasteiger partial charge < -0.3 is 14.2 Å². The van der Waals surface area contributed by atoms with Gasteiger partial charge in [-0.1, -0.05) is 38.7 Å². The Morgan fingerprint density at radius 1 is 0.853 bits per heavy atom. The molecular formula is C29H44F2O3. The van der Waals surface area contributed by atoms with Crippen molar-refractivity contribution in [3.05, 3.63) is 29.3 Å². The highest BCUT2D eigenvalue weighted by molar-refractivity contribution is 5.33. The van der Waals surface area contributed by atoms with E-state index in [1.165, 1.54) is 51.4 Å². The Bertz CT molecular complexity index is 746. The van der Waals surface area contributed by atoms with Gasteiger partial charge in [0.25, 0.3) is 0 Å². The summed E-state index contributed by atoms with van der Waals surface area (Å²) in [5, 5.41) is 0. The lowest BCUT2D eigenvalue weighted by Gasteiger charge is -2.38. The maximum absolute atomic E-state index is 14.6. The van der Waals surface area contributed by atoms with E-state index in [0.717, 1.165) is 50.7 Å². The number of rotatable bonds is 9. The highest BCUT2D eigenvalue weighted by atomic mass is 19.2. The highest BCUT2D eigenvalue weighted by Gasteiger charge is 2.32. The van der Waals surface area contributed by atoms with E-state index in [0.29, 0.717) is 24.2 Å². The van der Waals surface area contributed by atoms with Gasteiger partial charge in [-0.3, -0.25) is 0 Å². The molecule has 5 heteroatoms. The van der Waals surface area contributed by atoms with Gasteiger partial charge in [-0.05, 0) is 87.7 Å². The fraction of sp³-hybridized carbons (Fsp3) is 0.793. The molecule has 4 rings (SSSR count). The molecule has 192 valence electrons. The Balaban J connectivity index is 1.15.